The summed E-state index contributed by atoms with van der Waals surface area (Å²) >= 11 is 3.56. The van der Waals surface area contributed by atoms with Gasteiger partial charge in [0, 0.05) is 15.6 Å². The van der Waals surface area contributed by atoms with Gasteiger partial charge in [0.15, 0.2) is 0 Å². The minimum Gasteiger partial charge on any atom is -0.306 e. The zero-order chi connectivity index (χ0) is 14.1. The van der Waals surface area contributed by atoms with Crippen LogP contribution < -0.4 is 5.56 Å². The fraction of sp³-hybridized carbons (Fsp3) is 0.375. The zero-order valence-corrected chi connectivity index (χ0v) is 13.1. The quantitative estimate of drug-likeness (QED) is 0.808. The van der Waals surface area contributed by atoms with Crippen LogP contribution in [0.2, 0.25) is 0 Å². The summed E-state index contributed by atoms with van der Waals surface area (Å²) in [5.74, 6) is 0.669. The van der Waals surface area contributed by atoms with E-state index in [0.29, 0.717) is 5.82 Å². The summed E-state index contributed by atoms with van der Waals surface area (Å²) in [6.45, 7) is 2.04. The molecule has 0 spiro atoms. The van der Waals surface area contributed by atoms with Gasteiger partial charge in [-0.15, -0.1) is 0 Å². The number of nitrogens with zero attached hydrogens (tertiary/aromatic N) is 1. The van der Waals surface area contributed by atoms with Gasteiger partial charge in [-0.2, -0.15) is 0 Å². The first-order valence-electron chi connectivity index (χ1n) is 7.04. The maximum atomic E-state index is 12.3. The third-order valence-electron chi connectivity index (χ3n) is 3.82. The Bertz CT molecular complexity index is 706. The lowest BCUT2D eigenvalue weighted by atomic mass is 10.1. The highest BCUT2D eigenvalue weighted by molar-refractivity contribution is 9.10. The highest BCUT2D eigenvalue weighted by Crippen LogP contribution is 2.27. The maximum Gasteiger partial charge on any atom is 0.254 e. The van der Waals surface area contributed by atoms with E-state index in [1.165, 1.54) is 12.0 Å². The summed E-state index contributed by atoms with van der Waals surface area (Å²) in [6, 6.07) is 6.08. The smallest absolute Gasteiger partial charge is 0.254 e. The van der Waals surface area contributed by atoms with E-state index in [9.17, 15) is 4.79 Å². The summed E-state index contributed by atoms with van der Waals surface area (Å²) in [5.41, 5.74) is 4.01. The Morgan fingerprint density at radius 1 is 1.20 bits per heavy atom. The molecule has 0 atom stereocenters. The molecule has 0 radical (unpaired) electrons. The van der Waals surface area contributed by atoms with Gasteiger partial charge in [-0.25, -0.2) is 4.98 Å². The standard InChI is InChI=1S/C16H17BrN2O/c1-10-7-8-11(13(17)9-10)15-18-14-6-4-2-3-5-12(14)16(20)19-15/h7-9H,2-6H2,1H3,(H,18,19,20). The number of benzene rings is 1. The predicted octanol–water partition coefficient (Wildman–Crippen LogP) is 3.78. The molecule has 0 aliphatic heterocycles. The molecule has 1 aliphatic rings. The van der Waals surface area contributed by atoms with E-state index >= 15 is 0 Å². The van der Waals surface area contributed by atoms with Crippen molar-refractivity contribution < 1.29 is 0 Å². The lowest BCUT2D eigenvalue weighted by molar-refractivity contribution is 0.708. The van der Waals surface area contributed by atoms with Crippen molar-refractivity contribution in [1.29, 1.82) is 0 Å². The Labute approximate surface area is 126 Å². The van der Waals surface area contributed by atoms with E-state index < -0.39 is 0 Å². The molecule has 1 heterocycles. The molecule has 0 fully saturated rings. The predicted molar refractivity (Wildman–Crippen MR) is 84.0 cm³/mol. The van der Waals surface area contributed by atoms with Gasteiger partial charge in [-0.3, -0.25) is 4.79 Å². The van der Waals surface area contributed by atoms with Gasteiger partial charge in [0.05, 0.1) is 5.69 Å². The van der Waals surface area contributed by atoms with Crippen LogP contribution in [-0.2, 0) is 12.8 Å². The number of halogens is 1. The number of aromatic amines is 1. The van der Waals surface area contributed by atoms with Crippen LogP contribution in [0.1, 0.15) is 36.1 Å². The van der Waals surface area contributed by atoms with Gasteiger partial charge in [0.2, 0.25) is 0 Å². The second-order valence-electron chi connectivity index (χ2n) is 5.38. The fourth-order valence-corrected chi connectivity index (χ4v) is 3.40. The SMILES string of the molecule is Cc1ccc(-c2nc3c(c(=O)[nH]2)CCCCC3)c(Br)c1. The lowest BCUT2D eigenvalue weighted by Crippen LogP contribution is -2.18. The van der Waals surface area contributed by atoms with Gasteiger partial charge in [-0.1, -0.05) is 28.4 Å². The number of fused-ring (bicyclic) bond motifs is 1. The maximum absolute atomic E-state index is 12.3. The Balaban J connectivity index is 2.13. The van der Waals surface area contributed by atoms with E-state index in [-0.39, 0.29) is 5.56 Å². The first-order valence-corrected chi connectivity index (χ1v) is 7.83. The number of nitrogens with one attached hydrogen (secondary N) is 1. The minimum atomic E-state index is 0.0272. The van der Waals surface area contributed by atoms with Gasteiger partial charge in [0.1, 0.15) is 5.82 Å². The summed E-state index contributed by atoms with van der Waals surface area (Å²) in [5, 5.41) is 0. The molecular formula is C16H17BrN2O. The highest BCUT2D eigenvalue weighted by atomic mass is 79.9. The molecule has 2 aromatic rings. The normalized spacial score (nSPS) is 14.7. The van der Waals surface area contributed by atoms with Crippen LogP contribution in [-0.4, -0.2) is 9.97 Å². The van der Waals surface area contributed by atoms with Crippen molar-refractivity contribution in [3.63, 3.8) is 0 Å². The van der Waals surface area contributed by atoms with Crippen LogP contribution in [0, 0.1) is 6.92 Å². The lowest BCUT2D eigenvalue weighted by Gasteiger charge is -2.09. The Hall–Kier alpha value is -1.42. The molecule has 0 unspecified atom stereocenters. The summed E-state index contributed by atoms with van der Waals surface area (Å²) in [6.07, 6.45) is 5.16. The molecule has 104 valence electrons. The average Bonchev–Trinajstić information content (AvgIpc) is 2.64. The van der Waals surface area contributed by atoms with Gasteiger partial charge in [0.25, 0.3) is 5.56 Å². The number of H-pyrrole nitrogens is 1. The third kappa shape index (κ3) is 2.57. The third-order valence-corrected chi connectivity index (χ3v) is 4.48. The molecular weight excluding hydrogens is 316 g/mol. The van der Waals surface area contributed by atoms with Gasteiger partial charge < -0.3 is 4.98 Å². The minimum absolute atomic E-state index is 0.0272. The van der Waals surface area contributed by atoms with Crippen LogP contribution >= 0.6 is 15.9 Å². The molecule has 1 aromatic carbocycles. The van der Waals surface area contributed by atoms with Crippen molar-refractivity contribution in [2.24, 2.45) is 0 Å². The summed E-state index contributed by atoms with van der Waals surface area (Å²) < 4.78 is 0.967. The molecule has 0 bridgehead atoms. The Morgan fingerprint density at radius 2 is 2.00 bits per heavy atom. The van der Waals surface area contributed by atoms with Gasteiger partial charge in [-0.05, 0) is 50.3 Å². The highest BCUT2D eigenvalue weighted by Gasteiger charge is 2.16. The monoisotopic (exact) mass is 332 g/mol. The van der Waals surface area contributed by atoms with E-state index in [4.69, 9.17) is 4.98 Å². The molecule has 3 rings (SSSR count). The van der Waals surface area contributed by atoms with E-state index in [1.54, 1.807) is 0 Å². The molecule has 1 aromatic heterocycles. The van der Waals surface area contributed by atoms with Crippen molar-refractivity contribution >= 4 is 15.9 Å². The van der Waals surface area contributed by atoms with Crippen LogP contribution in [0.15, 0.2) is 27.5 Å². The number of aromatic nitrogens is 2. The van der Waals surface area contributed by atoms with Crippen molar-refractivity contribution in [2.45, 2.75) is 39.0 Å². The molecule has 0 saturated heterocycles. The number of hydrogen-bond donors (Lipinski definition) is 1. The Morgan fingerprint density at radius 3 is 2.80 bits per heavy atom. The molecule has 3 nitrogen and oxygen atoms in total. The van der Waals surface area contributed by atoms with E-state index in [2.05, 4.69) is 20.9 Å². The van der Waals surface area contributed by atoms with E-state index in [0.717, 1.165) is 47.0 Å². The summed E-state index contributed by atoms with van der Waals surface area (Å²) in [4.78, 5) is 19.9. The molecule has 1 N–H and O–H groups in total. The number of hydrogen-bond acceptors (Lipinski definition) is 2. The number of aryl methyl sites for hydroxylation is 2. The molecule has 0 amide bonds. The second kappa shape index (κ2) is 5.52. The molecule has 20 heavy (non-hydrogen) atoms. The van der Waals surface area contributed by atoms with Crippen molar-refractivity contribution in [2.75, 3.05) is 0 Å². The largest absolute Gasteiger partial charge is 0.306 e. The van der Waals surface area contributed by atoms with Gasteiger partial charge >= 0.3 is 0 Å². The zero-order valence-electron chi connectivity index (χ0n) is 11.5. The molecule has 4 heteroatoms. The van der Waals surface area contributed by atoms with Crippen molar-refractivity contribution in [3.05, 3.63) is 49.8 Å². The van der Waals surface area contributed by atoms with E-state index in [1.807, 2.05) is 25.1 Å². The van der Waals surface area contributed by atoms with Crippen LogP contribution in [0.4, 0.5) is 0 Å². The van der Waals surface area contributed by atoms with Crippen LogP contribution in [0.5, 0.6) is 0 Å². The first kappa shape index (κ1) is 13.6. The molecule has 0 saturated carbocycles. The fourth-order valence-electron chi connectivity index (χ4n) is 2.72. The van der Waals surface area contributed by atoms with Crippen LogP contribution in [0.3, 0.4) is 0 Å². The Kier molecular flexibility index (Phi) is 3.74. The van der Waals surface area contributed by atoms with Crippen molar-refractivity contribution in [1.82, 2.24) is 9.97 Å². The molecule has 1 aliphatic carbocycles. The number of rotatable bonds is 1. The summed E-state index contributed by atoms with van der Waals surface area (Å²) in [7, 11) is 0. The van der Waals surface area contributed by atoms with Crippen LogP contribution in [0.25, 0.3) is 11.4 Å². The van der Waals surface area contributed by atoms with Crippen molar-refractivity contribution in [3.8, 4) is 11.4 Å². The average molecular weight is 333 g/mol. The first-order chi connectivity index (χ1) is 9.65. The second-order valence-corrected chi connectivity index (χ2v) is 6.24. The topological polar surface area (TPSA) is 45.8 Å².